The Kier molecular flexibility index (Phi) is 3.69. The van der Waals surface area contributed by atoms with E-state index in [4.69, 9.17) is 4.74 Å². The Morgan fingerprint density at radius 1 is 1.39 bits per heavy atom. The number of phenolic OH excluding ortho intramolecular Hbond substituents is 1. The van der Waals surface area contributed by atoms with E-state index in [0.29, 0.717) is 12.2 Å². The van der Waals surface area contributed by atoms with Gasteiger partial charge in [0, 0.05) is 11.3 Å². The van der Waals surface area contributed by atoms with Crippen molar-refractivity contribution >= 4 is 0 Å². The fourth-order valence-electron chi connectivity index (χ4n) is 2.68. The average molecular weight is 251 g/mol. The quantitative estimate of drug-likeness (QED) is 0.662. The van der Waals surface area contributed by atoms with Gasteiger partial charge in [-0.15, -0.1) is 0 Å². The highest BCUT2D eigenvalue weighted by atomic mass is 16.6. The molecule has 1 saturated carbocycles. The maximum absolute atomic E-state index is 11.1. The molecule has 0 heterocycles. The van der Waals surface area contributed by atoms with E-state index < -0.39 is 6.04 Å². The number of methoxy groups -OCH3 is 1. The largest absolute Gasteiger partial charge is 0.504 e. The van der Waals surface area contributed by atoms with Crippen LogP contribution in [0, 0.1) is 10.1 Å². The molecule has 0 radical (unpaired) electrons. The molecule has 18 heavy (non-hydrogen) atoms. The molecule has 0 aromatic heterocycles. The Labute approximate surface area is 106 Å². The van der Waals surface area contributed by atoms with Crippen molar-refractivity contribution in [3.8, 4) is 11.5 Å². The van der Waals surface area contributed by atoms with Gasteiger partial charge < -0.3 is 9.84 Å². The number of ether oxygens (including phenoxy) is 1. The molecule has 0 unspecified atom stereocenters. The van der Waals surface area contributed by atoms with Gasteiger partial charge in [0.15, 0.2) is 11.5 Å². The Morgan fingerprint density at radius 3 is 2.78 bits per heavy atom. The van der Waals surface area contributed by atoms with Gasteiger partial charge in [0.25, 0.3) is 0 Å². The average Bonchev–Trinajstić information content (AvgIpc) is 2.39. The number of benzene rings is 1. The highest BCUT2D eigenvalue weighted by molar-refractivity contribution is 5.43. The van der Waals surface area contributed by atoms with Gasteiger partial charge in [-0.2, -0.15) is 0 Å². The van der Waals surface area contributed by atoms with Crippen LogP contribution in [0.25, 0.3) is 0 Å². The molecule has 0 bridgehead atoms. The Hall–Kier alpha value is -1.78. The lowest BCUT2D eigenvalue weighted by molar-refractivity contribution is -0.530. The number of phenols is 1. The summed E-state index contributed by atoms with van der Waals surface area (Å²) in [7, 11) is 1.48. The lowest BCUT2D eigenvalue weighted by Crippen LogP contribution is -2.30. The van der Waals surface area contributed by atoms with E-state index in [-0.39, 0.29) is 16.6 Å². The number of nitro groups is 1. The molecule has 0 amide bonds. The van der Waals surface area contributed by atoms with E-state index in [1.165, 1.54) is 7.11 Å². The first-order valence-electron chi connectivity index (χ1n) is 6.14. The number of aromatic hydroxyl groups is 1. The molecule has 1 aliphatic rings. The smallest absolute Gasteiger partial charge is 0.219 e. The second-order valence-corrected chi connectivity index (χ2v) is 4.67. The summed E-state index contributed by atoms with van der Waals surface area (Å²) in [6, 6.07) is 4.49. The zero-order valence-corrected chi connectivity index (χ0v) is 10.3. The van der Waals surface area contributed by atoms with Crippen LogP contribution in [-0.4, -0.2) is 23.2 Å². The van der Waals surface area contributed by atoms with Crippen molar-refractivity contribution in [2.24, 2.45) is 0 Å². The van der Waals surface area contributed by atoms with Gasteiger partial charge in [0.1, 0.15) is 0 Å². The second-order valence-electron chi connectivity index (χ2n) is 4.67. The predicted molar refractivity (Wildman–Crippen MR) is 66.7 cm³/mol. The molecule has 1 fully saturated rings. The van der Waals surface area contributed by atoms with Gasteiger partial charge in [0.05, 0.1) is 13.0 Å². The van der Waals surface area contributed by atoms with E-state index in [1.807, 2.05) is 0 Å². The second kappa shape index (κ2) is 5.25. The minimum absolute atomic E-state index is 0.0645. The fraction of sp³-hybridized carbons (Fsp3) is 0.538. The van der Waals surface area contributed by atoms with E-state index >= 15 is 0 Å². The van der Waals surface area contributed by atoms with E-state index in [9.17, 15) is 15.2 Å². The predicted octanol–water partition coefficient (Wildman–Crippen LogP) is 2.70. The SMILES string of the molecule is COc1cc([C@@H]2CCCC[C@H]2[N+](=O)[O-])ccc1O. The Bertz CT molecular complexity index is 447. The van der Waals surface area contributed by atoms with Gasteiger partial charge in [-0.05, 0) is 30.5 Å². The van der Waals surface area contributed by atoms with Gasteiger partial charge in [0.2, 0.25) is 6.04 Å². The van der Waals surface area contributed by atoms with Crippen molar-refractivity contribution in [3.63, 3.8) is 0 Å². The molecule has 2 rings (SSSR count). The van der Waals surface area contributed by atoms with Crippen LogP contribution < -0.4 is 4.74 Å². The van der Waals surface area contributed by atoms with Crippen LogP contribution in [0.1, 0.15) is 37.2 Å². The topological polar surface area (TPSA) is 72.6 Å². The van der Waals surface area contributed by atoms with Crippen molar-refractivity contribution in [3.05, 3.63) is 33.9 Å². The molecule has 5 nitrogen and oxygen atoms in total. The molecule has 0 saturated heterocycles. The standard InChI is InChI=1S/C13H17NO4/c1-18-13-8-9(6-7-12(13)15)10-4-2-3-5-11(10)14(16)17/h6-8,10-11,15H,2-5H2,1H3/t10-,11+/m0/s1. The zero-order chi connectivity index (χ0) is 13.1. The molecule has 0 spiro atoms. The molecular weight excluding hydrogens is 234 g/mol. The summed E-state index contributed by atoms with van der Waals surface area (Å²) < 4.78 is 5.05. The lowest BCUT2D eigenvalue weighted by atomic mass is 9.80. The molecule has 1 aromatic rings. The van der Waals surface area contributed by atoms with Crippen LogP contribution in [0.4, 0.5) is 0 Å². The third-order valence-corrected chi connectivity index (χ3v) is 3.63. The van der Waals surface area contributed by atoms with Gasteiger partial charge in [-0.3, -0.25) is 10.1 Å². The number of rotatable bonds is 3. The number of nitrogens with zero attached hydrogens (tertiary/aromatic N) is 1. The maximum Gasteiger partial charge on any atom is 0.219 e. The van der Waals surface area contributed by atoms with Crippen molar-refractivity contribution in [1.29, 1.82) is 0 Å². The van der Waals surface area contributed by atoms with Gasteiger partial charge >= 0.3 is 0 Å². The van der Waals surface area contributed by atoms with E-state index in [1.54, 1.807) is 18.2 Å². The summed E-state index contributed by atoms with van der Waals surface area (Å²) in [4.78, 5) is 10.9. The van der Waals surface area contributed by atoms with Crippen molar-refractivity contribution in [2.45, 2.75) is 37.6 Å². The summed E-state index contributed by atoms with van der Waals surface area (Å²) in [5, 5.41) is 20.6. The van der Waals surface area contributed by atoms with Crippen LogP contribution in [0.2, 0.25) is 0 Å². The van der Waals surface area contributed by atoms with Crippen molar-refractivity contribution in [2.75, 3.05) is 7.11 Å². The summed E-state index contributed by atoms with van der Waals surface area (Å²) in [6.45, 7) is 0. The normalized spacial score (nSPS) is 23.6. The van der Waals surface area contributed by atoms with Crippen LogP contribution in [0.15, 0.2) is 18.2 Å². The van der Waals surface area contributed by atoms with Gasteiger partial charge in [-0.1, -0.05) is 12.5 Å². The molecule has 1 aliphatic carbocycles. The molecule has 1 aromatic carbocycles. The van der Waals surface area contributed by atoms with Crippen LogP contribution in [0.5, 0.6) is 11.5 Å². The van der Waals surface area contributed by atoms with E-state index in [0.717, 1.165) is 24.8 Å². The number of hydrogen-bond acceptors (Lipinski definition) is 4. The molecule has 5 heteroatoms. The minimum atomic E-state index is -0.520. The molecule has 2 atom stereocenters. The highest BCUT2D eigenvalue weighted by Gasteiger charge is 2.35. The third kappa shape index (κ3) is 2.39. The molecule has 98 valence electrons. The lowest BCUT2D eigenvalue weighted by Gasteiger charge is -2.26. The minimum Gasteiger partial charge on any atom is -0.504 e. The van der Waals surface area contributed by atoms with E-state index in [2.05, 4.69) is 0 Å². The first-order chi connectivity index (χ1) is 8.63. The zero-order valence-electron chi connectivity index (χ0n) is 10.3. The van der Waals surface area contributed by atoms with Gasteiger partial charge in [-0.25, -0.2) is 0 Å². The number of hydrogen-bond donors (Lipinski definition) is 1. The van der Waals surface area contributed by atoms with Crippen molar-refractivity contribution in [1.82, 2.24) is 0 Å². The summed E-state index contributed by atoms with van der Waals surface area (Å²) in [5.74, 6) is 0.359. The third-order valence-electron chi connectivity index (χ3n) is 3.63. The first-order valence-corrected chi connectivity index (χ1v) is 6.14. The summed E-state index contributed by atoms with van der Waals surface area (Å²) in [6.07, 6.45) is 3.37. The highest BCUT2D eigenvalue weighted by Crippen LogP contribution is 2.38. The maximum atomic E-state index is 11.1. The van der Waals surface area contributed by atoms with Crippen LogP contribution >= 0.6 is 0 Å². The van der Waals surface area contributed by atoms with Crippen LogP contribution in [0.3, 0.4) is 0 Å². The Morgan fingerprint density at radius 2 is 2.11 bits per heavy atom. The monoisotopic (exact) mass is 251 g/mol. The molecule has 1 N–H and O–H groups in total. The molecule has 0 aliphatic heterocycles. The van der Waals surface area contributed by atoms with Crippen LogP contribution in [-0.2, 0) is 0 Å². The Balaban J connectivity index is 2.30. The van der Waals surface area contributed by atoms with Crippen molar-refractivity contribution < 1.29 is 14.8 Å². The first kappa shape index (κ1) is 12.7. The summed E-state index contributed by atoms with van der Waals surface area (Å²) in [5.41, 5.74) is 0.881. The fourth-order valence-corrected chi connectivity index (χ4v) is 2.68. The molecular formula is C13H17NO4. The summed E-state index contributed by atoms with van der Waals surface area (Å²) >= 11 is 0.